The van der Waals surface area contributed by atoms with Crippen LogP contribution < -0.4 is 5.32 Å². The number of hydrogen-bond donors (Lipinski definition) is 1. The maximum Gasteiger partial charge on any atom is 0.123 e. The van der Waals surface area contributed by atoms with Gasteiger partial charge in [-0.05, 0) is 38.1 Å². The van der Waals surface area contributed by atoms with Gasteiger partial charge in [0.2, 0.25) is 0 Å². The zero-order chi connectivity index (χ0) is 11.5. The largest absolute Gasteiger partial charge is 0.311 e. The number of hydrogen-bond acceptors (Lipinski definition) is 2. The van der Waals surface area contributed by atoms with E-state index in [-0.39, 0.29) is 5.82 Å². The minimum absolute atomic E-state index is 0.161. The molecule has 1 heterocycles. The van der Waals surface area contributed by atoms with Gasteiger partial charge in [-0.25, -0.2) is 4.39 Å². The zero-order valence-corrected chi connectivity index (χ0v) is 9.91. The van der Waals surface area contributed by atoms with Crippen molar-refractivity contribution in [1.82, 2.24) is 10.2 Å². The summed E-state index contributed by atoms with van der Waals surface area (Å²) in [6.07, 6.45) is 0.970. The van der Waals surface area contributed by atoms with Crippen molar-refractivity contribution in [3.05, 3.63) is 35.6 Å². The molecule has 1 N–H and O–H groups in total. The molecule has 0 aliphatic carbocycles. The lowest BCUT2D eigenvalue weighted by Crippen LogP contribution is -2.54. The Labute approximate surface area is 96.5 Å². The summed E-state index contributed by atoms with van der Waals surface area (Å²) in [5, 5.41) is 3.53. The number of rotatable bonds is 2. The van der Waals surface area contributed by atoms with E-state index in [1.165, 1.54) is 17.7 Å². The van der Waals surface area contributed by atoms with Crippen molar-refractivity contribution in [3.63, 3.8) is 0 Å². The van der Waals surface area contributed by atoms with Gasteiger partial charge in [-0.3, -0.25) is 0 Å². The summed E-state index contributed by atoms with van der Waals surface area (Å²) in [5.41, 5.74) is 1.20. The van der Waals surface area contributed by atoms with Gasteiger partial charge in [0, 0.05) is 25.2 Å². The SMILES string of the molecule is CC1CNC(Cc2ccc(F)cc2)CN1C. The molecule has 0 spiro atoms. The molecule has 0 aromatic heterocycles. The van der Waals surface area contributed by atoms with Crippen LogP contribution in [0.5, 0.6) is 0 Å². The predicted molar refractivity (Wildman–Crippen MR) is 64.0 cm³/mol. The van der Waals surface area contributed by atoms with Gasteiger partial charge >= 0.3 is 0 Å². The summed E-state index contributed by atoms with van der Waals surface area (Å²) in [4.78, 5) is 2.37. The van der Waals surface area contributed by atoms with Gasteiger partial charge in [0.15, 0.2) is 0 Å². The van der Waals surface area contributed by atoms with Crippen molar-refractivity contribution in [2.24, 2.45) is 0 Å². The Kier molecular flexibility index (Phi) is 3.56. The van der Waals surface area contributed by atoms with Crippen LogP contribution in [-0.4, -0.2) is 37.1 Å². The van der Waals surface area contributed by atoms with Crippen molar-refractivity contribution in [2.45, 2.75) is 25.4 Å². The van der Waals surface area contributed by atoms with Crippen LogP contribution in [0.4, 0.5) is 4.39 Å². The molecular weight excluding hydrogens is 203 g/mol. The van der Waals surface area contributed by atoms with Crippen molar-refractivity contribution < 1.29 is 4.39 Å². The second kappa shape index (κ2) is 4.93. The lowest BCUT2D eigenvalue weighted by molar-refractivity contribution is 0.175. The van der Waals surface area contributed by atoms with E-state index in [9.17, 15) is 4.39 Å². The fraction of sp³-hybridized carbons (Fsp3) is 0.538. The van der Waals surface area contributed by atoms with Crippen molar-refractivity contribution in [2.75, 3.05) is 20.1 Å². The molecule has 1 saturated heterocycles. The first-order valence-corrected chi connectivity index (χ1v) is 5.83. The Morgan fingerprint density at radius 2 is 2.06 bits per heavy atom. The molecule has 1 aliphatic rings. The fourth-order valence-electron chi connectivity index (χ4n) is 2.13. The van der Waals surface area contributed by atoms with E-state index >= 15 is 0 Å². The highest BCUT2D eigenvalue weighted by atomic mass is 19.1. The first kappa shape index (κ1) is 11.6. The molecular formula is C13H19FN2. The van der Waals surface area contributed by atoms with Gasteiger partial charge in [0.1, 0.15) is 5.82 Å². The van der Waals surface area contributed by atoms with Crippen LogP contribution in [0, 0.1) is 5.82 Å². The predicted octanol–water partition coefficient (Wildman–Crippen LogP) is 1.66. The molecule has 2 nitrogen and oxygen atoms in total. The Hall–Kier alpha value is -0.930. The molecule has 0 radical (unpaired) electrons. The Morgan fingerprint density at radius 3 is 2.69 bits per heavy atom. The molecule has 1 fully saturated rings. The molecule has 1 aliphatic heterocycles. The van der Waals surface area contributed by atoms with E-state index in [2.05, 4.69) is 24.2 Å². The van der Waals surface area contributed by atoms with E-state index < -0.39 is 0 Å². The Balaban J connectivity index is 1.93. The quantitative estimate of drug-likeness (QED) is 0.818. The second-order valence-electron chi connectivity index (χ2n) is 4.72. The smallest absolute Gasteiger partial charge is 0.123 e. The maximum atomic E-state index is 12.8. The second-order valence-corrected chi connectivity index (χ2v) is 4.72. The van der Waals surface area contributed by atoms with Crippen molar-refractivity contribution in [1.29, 1.82) is 0 Å². The average Bonchev–Trinajstić information content (AvgIpc) is 2.27. The van der Waals surface area contributed by atoms with Gasteiger partial charge < -0.3 is 10.2 Å². The number of likely N-dealkylation sites (N-methyl/N-ethyl adjacent to an activating group) is 1. The lowest BCUT2D eigenvalue weighted by Gasteiger charge is -2.36. The van der Waals surface area contributed by atoms with Crippen LogP contribution in [0.1, 0.15) is 12.5 Å². The minimum Gasteiger partial charge on any atom is -0.311 e. The van der Waals surface area contributed by atoms with Crippen LogP contribution in [-0.2, 0) is 6.42 Å². The highest BCUT2D eigenvalue weighted by molar-refractivity contribution is 5.17. The van der Waals surface area contributed by atoms with E-state index in [4.69, 9.17) is 0 Å². The molecule has 2 atom stereocenters. The monoisotopic (exact) mass is 222 g/mol. The van der Waals surface area contributed by atoms with Crippen LogP contribution in [0.25, 0.3) is 0 Å². The molecule has 16 heavy (non-hydrogen) atoms. The highest BCUT2D eigenvalue weighted by Crippen LogP contribution is 2.10. The van der Waals surface area contributed by atoms with E-state index in [0.717, 1.165) is 19.5 Å². The first-order chi connectivity index (χ1) is 7.65. The number of nitrogens with zero attached hydrogens (tertiary/aromatic N) is 1. The number of nitrogens with one attached hydrogen (secondary N) is 1. The lowest BCUT2D eigenvalue weighted by atomic mass is 10.0. The molecule has 0 amide bonds. The van der Waals surface area contributed by atoms with Gasteiger partial charge in [-0.1, -0.05) is 12.1 Å². The summed E-state index contributed by atoms with van der Waals surface area (Å²) in [6, 6.07) is 7.88. The standard InChI is InChI=1S/C13H19FN2/c1-10-8-15-13(9-16(10)2)7-11-3-5-12(14)6-4-11/h3-6,10,13,15H,7-9H2,1-2H3. The number of benzene rings is 1. The van der Waals surface area contributed by atoms with Gasteiger partial charge in [0.05, 0.1) is 0 Å². The maximum absolute atomic E-state index is 12.8. The van der Waals surface area contributed by atoms with Gasteiger partial charge in [0.25, 0.3) is 0 Å². The summed E-state index contributed by atoms with van der Waals surface area (Å²) in [7, 11) is 2.16. The Morgan fingerprint density at radius 1 is 1.38 bits per heavy atom. The van der Waals surface area contributed by atoms with Crippen molar-refractivity contribution in [3.8, 4) is 0 Å². The molecule has 1 aromatic carbocycles. The molecule has 2 rings (SSSR count). The Bertz CT molecular complexity index is 336. The highest BCUT2D eigenvalue weighted by Gasteiger charge is 2.21. The third-order valence-corrected chi connectivity index (χ3v) is 3.36. The topological polar surface area (TPSA) is 15.3 Å². The minimum atomic E-state index is -0.161. The van der Waals surface area contributed by atoms with Gasteiger partial charge in [-0.15, -0.1) is 0 Å². The van der Waals surface area contributed by atoms with Crippen LogP contribution >= 0.6 is 0 Å². The van der Waals surface area contributed by atoms with E-state index in [0.29, 0.717) is 12.1 Å². The molecule has 1 aromatic rings. The average molecular weight is 222 g/mol. The van der Waals surface area contributed by atoms with Crippen molar-refractivity contribution >= 4 is 0 Å². The number of piperazine rings is 1. The van der Waals surface area contributed by atoms with Gasteiger partial charge in [-0.2, -0.15) is 0 Å². The molecule has 0 bridgehead atoms. The van der Waals surface area contributed by atoms with Crippen LogP contribution in [0.2, 0.25) is 0 Å². The zero-order valence-electron chi connectivity index (χ0n) is 9.91. The van der Waals surface area contributed by atoms with Crippen LogP contribution in [0.3, 0.4) is 0 Å². The summed E-state index contributed by atoms with van der Waals surface area (Å²) >= 11 is 0. The summed E-state index contributed by atoms with van der Waals surface area (Å²) in [5.74, 6) is -0.161. The summed E-state index contributed by atoms with van der Waals surface area (Å²) < 4.78 is 12.8. The fourth-order valence-corrected chi connectivity index (χ4v) is 2.13. The molecule has 0 saturated carbocycles. The number of halogens is 1. The van der Waals surface area contributed by atoms with Crippen LogP contribution in [0.15, 0.2) is 24.3 Å². The molecule has 3 heteroatoms. The van der Waals surface area contributed by atoms with E-state index in [1.807, 2.05) is 12.1 Å². The molecule has 88 valence electrons. The first-order valence-electron chi connectivity index (χ1n) is 5.83. The normalized spacial score (nSPS) is 26.9. The van der Waals surface area contributed by atoms with E-state index in [1.54, 1.807) is 0 Å². The third kappa shape index (κ3) is 2.80. The third-order valence-electron chi connectivity index (χ3n) is 3.36. The molecule has 2 unspecified atom stereocenters. The summed E-state index contributed by atoms with van der Waals surface area (Å²) in [6.45, 7) is 4.31.